The first-order valence-electron chi connectivity index (χ1n) is 19.6. The van der Waals surface area contributed by atoms with Crippen molar-refractivity contribution in [3.63, 3.8) is 0 Å². The number of aryl methyl sites for hydroxylation is 1. The van der Waals surface area contributed by atoms with Crippen LogP contribution in [0.3, 0.4) is 0 Å². The maximum atomic E-state index is 14.4. The summed E-state index contributed by atoms with van der Waals surface area (Å²) in [7, 11) is 0. The molecule has 0 N–H and O–H groups in total. The average Bonchev–Trinajstić information content (AvgIpc) is 3.53. The summed E-state index contributed by atoms with van der Waals surface area (Å²) < 4.78 is 54.9. The van der Waals surface area contributed by atoms with Crippen LogP contribution in [0.25, 0.3) is 11.7 Å². The van der Waals surface area contributed by atoms with E-state index in [0.29, 0.717) is 47.2 Å². The van der Waals surface area contributed by atoms with Crippen molar-refractivity contribution in [1.82, 2.24) is 14.6 Å². The van der Waals surface area contributed by atoms with Crippen LogP contribution in [-0.4, -0.2) is 58.1 Å². The minimum absolute atomic E-state index is 0.205. The number of allylic oxidation sites excluding steroid dienone is 1. The number of anilines is 1. The lowest BCUT2D eigenvalue weighted by atomic mass is 9.92. The minimum atomic E-state index is -1.04. The van der Waals surface area contributed by atoms with Gasteiger partial charge in [0.25, 0.3) is 0 Å². The van der Waals surface area contributed by atoms with Gasteiger partial charge in [-0.2, -0.15) is 9.61 Å². The second kappa shape index (κ2) is 18.5. The third kappa shape index (κ3) is 11.4. The minimum Gasteiger partial charge on any atom is -0.489 e. The highest BCUT2D eigenvalue weighted by atomic mass is 19.2. The lowest BCUT2D eigenvalue weighted by molar-refractivity contribution is -0.166. The van der Waals surface area contributed by atoms with Gasteiger partial charge >= 0.3 is 5.97 Å². The van der Waals surface area contributed by atoms with Crippen molar-refractivity contribution in [3.05, 3.63) is 94.3 Å². The zero-order chi connectivity index (χ0) is 39.8. The van der Waals surface area contributed by atoms with Crippen LogP contribution in [0.2, 0.25) is 0 Å². The molecule has 0 radical (unpaired) electrons. The molecule has 3 heterocycles. The normalized spacial score (nSPS) is 15.3. The third-order valence-corrected chi connectivity index (χ3v) is 9.77. The number of benzene rings is 2. The number of aromatic nitrogens is 3. The van der Waals surface area contributed by atoms with Crippen LogP contribution in [0, 0.1) is 24.5 Å². The molecule has 0 spiro atoms. The summed E-state index contributed by atoms with van der Waals surface area (Å²) in [5.74, 6) is -0.720. The van der Waals surface area contributed by atoms with Gasteiger partial charge in [-0.05, 0) is 90.8 Å². The molecule has 1 aliphatic heterocycles. The monoisotopic (exact) mass is 760 g/mol. The number of unbranched alkanes of at least 4 members (excludes halogenated alkanes) is 1. The molecule has 2 aromatic heterocycles. The molecule has 0 unspecified atom stereocenters. The molecule has 5 rings (SSSR count). The smallest absolute Gasteiger partial charge is 0.340 e. The quantitative estimate of drug-likeness (QED) is 0.0777. The Kier molecular flexibility index (Phi) is 14.1. The molecular weight excluding hydrogens is 703 g/mol. The maximum Gasteiger partial charge on any atom is 0.340 e. The summed E-state index contributed by atoms with van der Waals surface area (Å²) in [5.41, 5.74) is 2.94. The van der Waals surface area contributed by atoms with Crippen LogP contribution >= 0.6 is 0 Å². The fourth-order valence-electron chi connectivity index (χ4n) is 6.84. The van der Waals surface area contributed by atoms with Gasteiger partial charge in [-0.3, -0.25) is 0 Å². The summed E-state index contributed by atoms with van der Waals surface area (Å²) in [6, 6.07) is 13.7. The summed E-state index contributed by atoms with van der Waals surface area (Å²) in [6.45, 7) is 18.6. The van der Waals surface area contributed by atoms with Crippen molar-refractivity contribution in [1.29, 1.82) is 0 Å². The van der Waals surface area contributed by atoms with Gasteiger partial charge in [0.2, 0.25) is 0 Å². The molecule has 1 saturated heterocycles. The van der Waals surface area contributed by atoms with E-state index in [9.17, 15) is 13.6 Å². The standard InChI is InChI=1S/C44H58F2N4O5/c1-9-52-42(51)40(55-43(5,6)7)39-31(4)47-38-27-34(20-15-19-33-26-35(45)36(46)28-37(33)53-29-32-17-11-10-12-18-32)48-50(38)41(39)49-23-21-44(8,22-24-49)54-25-14-13-16-30(2)3/h10-12,15,17-18,20,26-28,30,40H,9,13-14,16,19,21-25,29H2,1-8H3/t40-/m0/s1. The molecule has 1 aliphatic rings. The van der Waals surface area contributed by atoms with E-state index < -0.39 is 29.3 Å². The van der Waals surface area contributed by atoms with Gasteiger partial charge in [0.15, 0.2) is 23.4 Å². The molecular formula is C44H58F2N4O5. The highest BCUT2D eigenvalue weighted by Gasteiger charge is 2.38. The van der Waals surface area contributed by atoms with Crippen molar-refractivity contribution < 1.29 is 32.5 Å². The Bertz CT molecular complexity index is 1910. The fourth-order valence-corrected chi connectivity index (χ4v) is 6.84. The van der Waals surface area contributed by atoms with E-state index in [1.165, 1.54) is 12.5 Å². The molecule has 1 fully saturated rings. The van der Waals surface area contributed by atoms with E-state index in [1.807, 2.05) is 76.2 Å². The van der Waals surface area contributed by atoms with E-state index in [1.54, 1.807) is 11.4 Å². The number of nitrogens with zero attached hydrogens (tertiary/aromatic N) is 4. The maximum absolute atomic E-state index is 14.4. The van der Waals surface area contributed by atoms with Crippen LogP contribution in [0.1, 0.15) is 115 Å². The SMILES string of the molecule is CCOC(=O)[C@@H](OC(C)(C)C)c1c(C)nc2cc(C=CCc3cc(F)c(F)cc3OCc3ccccc3)nn2c1N1CCC(C)(OCCCCC(C)C)CC1. The van der Waals surface area contributed by atoms with Crippen molar-refractivity contribution in [2.45, 2.75) is 118 Å². The molecule has 1 atom stereocenters. The molecule has 0 aliphatic carbocycles. The topological polar surface area (TPSA) is 87.4 Å². The van der Waals surface area contributed by atoms with Gasteiger partial charge < -0.3 is 23.8 Å². The van der Waals surface area contributed by atoms with E-state index >= 15 is 0 Å². The molecule has 55 heavy (non-hydrogen) atoms. The second-order valence-electron chi connectivity index (χ2n) is 16.1. The van der Waals surface area contributed by atoms with Gasteiger partial charge in [-0.15, -0.1) is 0 Å². The Labute approximate surface area is 325 Å². The van der Waals surface area contributed by atoms with Gasteiger partial charge in [0.05, 0.1) is 29.1 Å². The third-order valence-electron chi connectivity index (χ3n) is 9.77. The summed E-state index contributed by atoms with van der Waals surface area (Å²) >= 11 is 0. The molecule has 298 valence electrons. The zero-order valence-electron chi connectivity index (χ0n) is 33.8. The van der Waals surface area contributed by atoms with Gasteiger partial charge in [-0.25, -0.2) is 18.6 Å². The number of ether oxygens (including phenoxy) is 4. The number of esters is 1. The summed E-state index contributed by atoms with van der Waals surface area (Å²) in [6.07, 6.45) is 7.87. The number of piperidine rings is 1. The number of carbonyl (C=O) groups is 1. The van der Waals surface area contributed by atoms with Crippen LogP contribution in [0.15, 0.2) is 54.6 Å². The zero-order valence-corrected chi connectivity index (χ0v) is 33.8. The first-order valence-corrected chi connectivity index (χ1v) is 19.6. The largest absolute Gasteiger partial charge is 0.489 e. The van der Waals surface area contributed by atoms with E-state index in [-0.39, 0.29) is 31.0 Å². The molecule has 0 saturated carbocycles. The Hall–Kier alpha value is -4.35. The Morgan fingerprint density at radius 1 is 1.04 bits per heavy atom. The molecule has 0 bridgehead atoms. The van der Waals surface area contributed by atoms with Crippen LogP contribution in [-0.2, 0) is 32.0 Å². The number of hydrogen-bond acceptors (Lipinski definition) is 8. The molecule has 0 amide bonds. The van der Waals surface area contributed by atoms with Crippen LogP contribution in [0.4, 0.5) is 14.6 Å². The molecule has 2 aromatic carbocycles. The van der Waals surface area contributed by atoms with E-state index in [0.717, 1.165) is 49.7 Å². The molecule has 11 heteroatoms. The van der Waals surface area contributed by atoms with Crippen molar-refractivity contribution >= 4 is 23.5 Å². The lowest BCUT2D eigenvalue weighted by Gasteiger charge is -2.41. The van der Waals surface area contributed by atoms with Crippen LogP contribution < -0.4 is 9.64 Å². The Morgan fingerprint density at radius 3 is 2.42 bits per heavy atom. The second-order valence-corrected chi connectivity index (χ2v) is 16.1. The molecule has 4 aromatic rings. The van der Waals surface area contributed by atoms with Crippen molar-refractivity contribution in [2.24, 2.45) is 5.92 Å². The van der Waals surface area contributed by atoms with Gasteiger partial charge in [0.1, 0.15) is 18.2 Å². The Morgan fingerprint density at radius 2 is 1.75 bits per heavy atom. The van der Waals surface area contributed by atoms with Gasteiger partial charge in [0, 0.05) is 43.1 Å². The average molecular weight is 761 g/mol. The highest BCUT2D eigenvalue weighted by molar-refractivity contribution is 5.80. The summed E-state index contributed by atoms with van der Waals surface area (Å²) in [4.78, 5) is 20.8. The first-order chi connectivity index (χ1) is 26.2. The van der Waals surface area contributed by atoms with E-state index in [4.69, 9.17) is 29.0 Å². The number of rotatable bonds is 17. The lowest BCUT2D eigenvalue weighted by Crippen LogP contribution is -2.46. The Balaban J connectivity index is 1.46. The number of halogens is 2. The number of carbonyl (C=O) groups excluding carboxylic acids is 1. The van der Waals surface area contributed by atoms with Crippen molar-refractivity contribution in [3.8, 4) is 5.75 Å². The van der Waals surface area contributed by atoms with Gasteiger partial charge in [-0.1, -0.05) is 63.1 Å². The number of hydrogen-bond donors (Lipinski definition) is 0. The predicted molar refractivity (Wildman–Crippen MR) is 212 cm³/mol. The van der Waals surface area contributed by atoms with E-state index in [2.05, 4.69) is 25.7 Å². The number of fused-ring (bicyclic) bond motifs is 1. The highest BCUT2D eigenvalue weighted by Crippen LogP contribution is 2.38. The predicted octanol–water partition coefficient (Wildman–Crippen LogP) is 9.77. The molecule has 9 nitrogen and oxygen atoms in total. The van der Waals surface area contributed by atoms with Crippen LogP contribution in [0.5, 0.6) is 5.75 Å². The van der Waals surface area contributed by atoms with Crippen molar-refractivity contribution in [2.75, 3.05) is 31.2 Å². The summed E-state index contributed by atoms with van der Waals surface area (Å²) in [5, 5.41) is 4.98. The first kappa shape index (κ1) is 41.8. The fraction of sp³-hybridized carbons (Fsp3) is 0.523.